The Morgan fingerprint density at radius 3 is 3.05 bits per heavy atom. The number of hydrogen-bond donors (Lipinski definition) is 2. The summed E-state index contributed by atoms with van der Waals surface area (Å²) >= 11 is 1.54. The van der Waals surface area contributed by atoms with Crippen LogP contribution in [0.1, 0.15) is 5.56 Å². The summed E-state index contributed by atoms with van der Waals surface area (Å²) in [6.07, 6.45) is 1.54. The molecule has 22 heavy (non-hydrogen) atoms. The molecule has 0 aliphatic carbocycles. The van der Waals surface area contributed by atoms with Crippen LogP contribution >= 0.6 is 11.3 Å². The monoisotopic (exact) mass is 311 g/mol. The summed E-state index contributed by atoms with van der Waals surface area (Å²) in [6.45, 7) is 0. The van der Waals surface area contributed by atoms with Crippen molar-refractivity contribution < 1.29 is 9.50 Å². The number of rotatable bonds is 2. The van der Waals surface area contributed by atoms with E-state index < -0.39 is 0 Å². The van der Waals surface area contributed by atoms with E-state index in [0.717, 1.165) is 15.9 Å². The van der Waals surface area contributed by atoms with E-state index >= 15 is 0 Å². The first kappa shape index (κ1) is 13.0. The molecule has 0 unspecified atom stereocenters. The number of H-pyrrole nitrogens is 1. The van der Waals surface area contributed by atoms with Crippen molar-refractivity contribution in [1.82, 2.24) is 9.97 Å². The van der Waals surface area contributed by atoms with Crippen molar-refractivity contribution in [2.45, 2.75) is 0 Å². The van der Waals surface area contributed by atoms with Gasteiger partial charge in [-0.15, -0.1) is 11.3 Å². The van der Waals surface area contributed by atoms with Crippen LogP contribution in [0.25, 0.3) is 21.1 Å². The maximum absolute atomic E-state index is 13.4. The van der Waals surface area contributed by atoms with E-state index in [1.807, 2.05) is 18.2 Å². The fraction of sp³-hybridized carbons (Fsp3) is 0. The van der Waals surface area contributed by atoms with Crippen LogP contribution < -0.4 is 0 Å². The van der Waals surface area contributed by atoms with Crippen LogP contribution in [0.15, 0.2) is 46.9 Å². The average Bonchev–Trinajstić information content (AvgIpc) is 3.08. The Labute approximate surface area is 128 Å². The highest BCUT2D eigenvalue weighted by Gasteiger charge is 2.09. The lowest BCUT2D eigenvalue weighted by atomic mass is 10.2. The van der Waals surface area contributed by atoms with Crippen molar-refractivity contribution in [2.75, 3.05) is 0 Å². The van der Waals surface area contributed by atoms with Gasteiger partial charge in [0.15, 0.2) is 5.88 Å². The van der Waals surface area contributed by atoms with Crippen LogP contribution in [0.3, 0.4) is 0 Å². The molecule has 0 saturated heterocycles. The number of nitrogens with one attached hydrogen (secondary N) is 1. The fourth-order valence-electron chi connectivity index (χ4n) is 2.36. The molecule has 2 aromatic heterocycles. The number of fused-ring (bicyclic) bond motifs is 2. The Balaban J connectivity index is 1.78. The third kappa shape index (κ3) is 2.14. The molecule has 0 saturated carbocycles. The molecular weight excluding hydrogens is 301 g/mol. The van der Waals surface area contributed by atoms with Gasteiger partial charge in [0, 0.05) is 17.1 Å². The van der Waals surface area contributed by atoms with Crippen molar-refractivity contribution in [2.24, 2.45) is 4.99 Å². The molecule has 0 atom stereocenters. The van der Waals surface area contributed by atoms with Crippen molar-refractivity contribution in [3.63, 3.8) is 0 Å². The maximum Gasteiger partial charge on any atom is 0.198 e. The average molecular weight is 311 g/mol. The van der Waals surface area contributed by atoms with Gasteiger partial charge in [-0.3, -0.25) is 4.99 Å². The van der Waals surface area contributed by atoms with Crippen LogP contribution in [0, 0.1) is 5.82 Å². The molecule has 0 fully saturated rings. The molecule has 0 radical (unpaired) electrons. The number of aromatic amines is 1. The van der Waals surface area contributed by atoms with Gasteiger partial charge in [-0.25, -0.2) is 9.37 Å². The first-order valence-electron chi connectivity index (χ1n) is 6.58. The molecule has 4 aromatic rings. The topological polar surface area (TPSA) is 61.3 Å². The highest BCUT2D eigenvalue weighted by molar-refractivity contribution is 7.16. The first-order valence-corrected chi connectivity index (χ1v) is 7.46. The van der Waals surface area contributed by atoms with Crippen molar-refractivity contribution in [3.8, 4) is 5.88 Å². The van der Waals surface area contributed by atoms with Crippen molar-refractivity contribution >= 4 is 44.4 Å². The number of aliphatic imine (C=N–C) groups is 1. The SMILES string of the molecule is Oc1[nH]c2ccc(F)cc2c1C=Nc1ccc2ncsc2c1. The molecule has 0 bridgehead atoms. The minimum absolute atomic E-state index is 0.0248. The largest absolute Gasteiger partial charge is 0.494 e. The quantitative estimate of drug-likeness (QED) is 0.540. The zero-order valence-corrected chi connectivity index (χ0v) is 12.1. The summed E-state index contributed by atoms with van der Waals surface area (Å²) in [4.78, 5) is 11.4. The van der Waals surface area contributed by atoms with Crippen molar-refractivity contribution in [1.29, 1.82) is 0 Å². The molecule has 108 valence electrons. The second-order valence-electron chi connectivity index (χ2n) is 4.84. The lowest BCUT2D eigenvalue weighted by molar-refractivity contribution is 0.457. The third-order valence-corrected chi connectivity index (χ3v) is 4.23. The number of aromatic hydroxyl groups is 1. The molecule has 4 nitrogen and oxygen atoms in total. The molecule has 2 aromatic carbocycles. The van der Waals surface area contributed by atoms with Gasteiger partial charge in [0.1, 0.15) is 5.82 Å². The highest BCUT2D eigenvalue weighted by atomic mass is 32.1. The number of hydrogen-bond acceptors (Lipinski definition) is 4. The molecule has 0 spiro atoms. The lowest BCUT2D eigenvalue weighted by Crippen LogP contribution is -1.80. The van der Waals surface area contributed by atoms with E-state index in [0.29, 0.717) is 16.5 Å². The van der Waals surface area contributed by atoms with Gasteiger partial charge in [0.2, 0.25) is 0 Å². The standard InChI is InChI=1S/C16H10FN3OS/c17-9-1-3-13-11(5-9)12(16(21)20-13)7-18-10-2-4-14-15(6-10)22-8-19-14/h1-8,20-21H. The summed E-state index contributed by atoms with van der Waals surface area (Å²) in [5.74, 6) is -0.379. The maximum atomic E-state index is 13.4. The number of nitrogens with zero attached hydrogens (tertiary/aromatic N) is 2. The molecule has 0 aliphatic heterocycles. The molecule has 2 heterocycles. The second-order valence-corrected chi connectivity index (χ2v) is 5.73. The fourth-order valence-corrected chi connectivity index (χ4v) is 3.07. The number of benzene rings is 2. The Bertz CT molecular complexity index is 1020. The van der Waals surface area contributed by atoms with Gasteiger partial charge in [0.25, 0.3) is 0 Å². The highest BCUT2D eigenvalue weighted by Crippen LogP contribution is 2.28. The summed E-state index contributed by atoms with van der Waals surface area (Å²) in [5, 5.41) is 10.6. The predicted octanol–water partition coefficient (Wildman–Crippen LogP) is 4.37. The lowest BCUT2D eigenvalue weighted by Gasteiger charge is -1.95. The van der Waals surface area contributed by atoms with Crippen molar-refractivity contribution in [3.05, 3.63) is 53.3 Å². The zero-order valence-electron chi connectivity index (χ0n) is 11.2. The summed E-state index contributed by atoms with van der Waals surface area (Å²) in [7, 11) is 0. The first-order chi connectivity index (χ1) is 10.7. The predicted molar refractivity (Wildman–Crippen MR) is 86.8 cm³/mol. The minimum atomic E-state index is -0.354. The minimum Gasteiger partial charge on any atom is -0.494 e. The molecular formula is C16H10FN3OS. The second kappa shape index (κ2) is 4.92. The van der Waals surface area contributed by atoms with Gasteiger partial charge in [-0.1, -0.05) is 0 Å². The summed E-state index contributed by atoms with van der Waals surface area (Å²) in [6, 6.07) is 9.98. The van der Waals surface area contributed by atoms with E-state index in [2.05, 4.69) is 15.0 Å². The van der Waals surface area contributed by atoms with E-state index in [1.165, 1.54) is 18.3 Å². The van der Waals surface area contributed by atoms with Gasteiger partial charge >= 0.3 is 0 Å². The normalized spacial score (nSPS) is 11.9. The molecule has 2 N–H and O–H groups in total. The van der Waals surface area contributed by atoms with E-state index in [4.69, 9.17) is 0 Å². The molecule has 4 rings (SSSR count). The van der Waals surface area contributed by atoms with E-state index in [1.54, 1.807) is 22.9 Å². The Kier molecular flexibility index (Phi) is 2.90. The van der Waals surface area contributed by atoms with E-state index in [9.17, 15) is 9.50 Å². The number of aromatic nitrogens is 2. The third-order valence-electron chi connectivity index (χ3n) is 3.44. The molecule has 0 aliphatic rings. The van der Waals surface area contributed by atoms with Crippen LogP contribution in [-0.4, -0.2) is 21.3 Å². The van der Waals surface area contributed by atoms with Crippen LogP contribution in [0.5, 0.6) is 5.88 Å². The number of thiazole rings is 1. The van der Waals surface area contributed by atoms with Gasteiger partial charge < -0.3 is 10.1 Å². The zero-order chi connectivity index (χ0) is 15.1. The summed E-state index contributed by atoms with van der Waals surface area (Å²) in [5.41, 5.74) is 4.60. The summed E-state index contributed by atoms with van der Waals surface area (Å²) < 4.78 is 14.4. The Morgan fingerprint density at radius 2 is 2.14 bits per heavy atom. The van der Waals surface area contributed by atoms with E-state index in [-0.39, 0.29) is 11.7 Å². The Morgan fingerprint density at radius 1 is 1.23 bits per heavy atom. The molecule has 0 amide bonds. The molecule has 6 heteroatoms. The number of halogens is 1. The Hall–Kier alpha value is -2.73. The van der Waals surface area contributed by atoms with Gasteiger partial charge in [-0.2, -0.15) is 0 Å². The van der Waals surface area contributed by atoms with Crippen LogP contribution in [-0.2, 0) is 0 Å². The van der Waals surface area contributed by atoms with Crippen LogP contribution in [0.2, 0.25) is 0 Å². The van der Waals surface area contributed by atoms with Crippen LogP contribution in [0.4, 0.5) is 10.1 Å². The smallest absolute Gasteiger partial charge is 0.198 e. The van der Waals surface area contributed by atoms with Gasteiger partial charge in [-0.05, 0) is 36.4 Å². The van der Waals surface area contributed by atoms with Gasteiger partial charge in [0.05, 0.1) is 27.0 Å².